The van der Waals surface area contributed by atoms with Gasteiger partial charge in [0.05, 0.1) is 5.69 Å². The molecule has 0 saturated heterocycles. The number of hydrogen-bond donors (Lipinski definition) is 1. The lowest BCUT2D eigenvalue weighted by atomic mass is 10.2. The molecule has 0 aliphatic heterocycles. The van der Waals surface area contributed by atoms with Crippen LogP contribution >= 0.6 is 11.3 Å². The van der Waals surface area contributed by atoms with Crippen LogP contribution in [0.25, 0.3) is 0 Å². The summed E-state index contributed by atoms with van der Waals surface area (Å²) in [7, 11) is 3.30. The molecule has 1 aromatic heterocycles. The van der Waals surface area contributed by atoms with Gasteiger partial charge < -0.3 is 4.90 Å². The van der Waals surface area contributed by atoms with Crippen molar-refractivity contribution in [2.45, 2.75) is 6.92 Å². The topological polar surface area (TPSA) is 62.3 Å². The van der Waals surface area contributed by atoms with E-state index < -0.39 is 11.7 Å². The van der Waals surface area contributed by atoms with Crippen molar-refractivity contribution in [3.8, 4) is 0 Å². The van der Waals surface area contributed by atoms with Gasteiger partial charge in [-0.25, -0.2) is 9.37 Å². The first-order valence-corrected chi connectivity index (χ1v) is 6.96. The highest BCUT2D eigenvalue weighted by Gasteiger charge is 2.18. The smallest absolute Gasteiger partial charge is 0.265 e. The molecule has 1 aromatic carbocycles. The van der Waals surface area contributed by atoms with Gasteiger partial charge in [-0.2, -0.15) is 0 Å². The van der Waals surface area contributed by atoms with Gasteiger partial charge in [-0.05, 0) is 31.2 Å². The number of carbonyl (C=O) groups excluding carboxylic acids is 2. The van der Waals surface area contributed by atoms with E-state index in [9.17, 15) is 14.0 Å². The maximum atomic E-state index is 12.8. The number of rotatable bonds is 3. The Labute approximate surface area is 125 Å². The molecule has 0 unspecified atom stereocenters. The molecule has 0 radical (unpaired) electrons. The average Bonchev–Trinajstić information content (AvgIpc) is 2.79. The Balaban J connectivity index is 2.17. The number of benzene rings is 1. The number of halogens is 1. The van der Waals surface area contributed by atoms with Crippen molar-refractivity contribution in [3.05, 3.63) is 46.2 Å². The van der Waals surface area contributed by atoms with Gasteiger partial charge in [0.2, 0.25) is 0 Å². The lowest BCUT2D eigenvalue weighted by Crippen LogP contribution is -2.21. The van der Waals surface area contributed by atoms with Crippen LogP contribution in [-0.2, 0) is 0 Å². The van der Waals surface area contributed by atoms with Gasteiger partial charge in [-0.15, -0.1) is 0 Å². The molecular formula is C14H14FN3O2S. The molecule has 5 nitrogen and oxygen atoms in total. The van der Waals surface area contributed by atoms with E-state index in [-0.39, 0.29) is 5.91 Å². The standard InChI is InChI=1S/C14H14FN3O2S/c1-8-11(13(20)18(2)3)21-14(16-8)17-12(19)9-4-6-10(15)7-5-9/h4-7H,1-3H3,(H,16,17,19). The molecule has 0 bridgehead atoms. The lowest BCUT2D eigenvalue weighted by molar-refractivity contribution is 0.0831. The van der Waals surface area contributed by atoms with E-state index >= 15 is 0 Å². The van der Waals surface area contributed by atoms with E-state index in [1.807, 2.05) is 0 Å². The minimum absolute atomic E-state index is 0.160. The third-order valence-electron chi connectivity index (χ3n) is 2.72. The Morgan fingerprint density at radius 3 is 2.43 bits per heavy atom. The number of hydrogen-bond acceptors (Lipinski definition) is 4. The maximum absolute atomic E-state index is 12.8. The average molecular weight is 307 g/mol. The number of amides is 2. The largest absolute Gasteiger partial charge is 0.344 e. The van der Waals surface area contributed by atoms with Gasteiger partial charge in [0.15, 0.2) is 5.13 Å². The summed E-state index contributed by atoms with van der Waals surface area (Å²) in [6.07, 6.45) is 0. The minimum Gasteiger partial charge on any atom is -0.344 e. The molecule has 0 spiro atoms. The van der Waals surface area contributed by atoms with Crippen LogP contribution in [0.1, 0.15) is 25.7 Å². The summed E-state index contributed by atoms with van der Waals surface area (Å²) >= 11 is 1.11. The molecule has 1 heterocycles. The first kappa shape index (κ1) is 15.1. The van der Waals surface area contributed by atoms with E-state index in [0.717, 1.165) is 11.3 Å². The molecular weight excluding hydrogens is 293 g/mol. The monoisotopic (exact) mass is 307 g/mol. The summed E-state index contributed by atoms with van der Waals surface area (Å²) in [6, 6.07) is 5.19. The van der Waals surface area contributed by atoms with Crippen molar-refractivity contribution in [1.29, 1.82) is 0 Å². The summed E-state index contributed by atoms with van der Waals surface area (Å²) in [5.74, 6) is -0.963. The van der Waals surface area contributed by atoms with Crippen LogP contribution in [0, 0.1) is 12.7 Å². The van der Waals surface area contributed by atoms with Crippen molar-refractivity contribution in [1.82, 2.24) is 9.88 Å². The van der Waals surface area contributed by atoms with Gasteiger partial charge in [0.25, 0.3) is 11.8 Å². The predicted molar refractivity (Wildman–Crippen MR) is 79.2 cm³/mol. The molecule has 0 fully saturated rings. The molecule has 7 heteroatoms. The second-order valence-electron chi connectivity index (χ2n) is 4.59. The molecule has 0 aliphatic rings. The van der Waals surface area contributed by atoms with E-state index in [2.05, 4.69) is 10.3 Å². The third kappa shape index (κ3) is 3.43. The van der Waals surface area contributed by atoms with Crippen LogP contribution in [0.15, 0.2) is 24.3 Å². The summed E-state index contributed by atoms with van der Waals surface area (Å²) in [5.41, 5.74) is 0.887. The zero-order chi connectivity index (χ0) is 15.6. The fourth-order valence-corrected chi connectivity index (χ4v) is 2.60. The maximum Gasteiger partial charge on any atom is 0.265 e. The summed E-state index contributed by atoms with van der Waals surface area (Å²) in [5, 5.41) is 2.95. The van der Waals surface area contributed by atoms with Gasteiger partial charge >= 0.3 is 0 Å². The number of aryl methyl sites for hydroxylation is 1. The van der Waals surface area contributed by atoms with E-state index in [4.69, 9.17) is 0 Å². The van der Waals surface area contributed by atoms with Gasteiger partial charge in [-0.1, -0.05) is 11.3 Å². The molecule has 2 aromatic rings. The Bertz CT molecular complexity index is 680. The van der Waals surface area contributed by atoms with Gasteiger partial charge in [-0.3, -0.25) is 14.9 Å². The van der Waals surface area contributed by atoms with Crippen LogP contribution in [0.4, 0.5) is 9.52 Å². The predicted octanol–water partition coefficient (Wildman–Crippen LogP) is 2.54. The van der Waals surface area contributed by atoms with Crippen molar-refractivity contribution in [2.24, 2.45) is 0 Å². The highest BCUT2D eigenvalue weighted by atomic mass is 32.1. The van der Waals surface area contributed by atoms with Crippen LogP contribution in [-0.4, -0.2) is 35.8 Å². The Morgan fingerprint density at radius 1 is 1.24 bits per heavy atom. The minimum atomic E-state index is -0.407. The molecule has 2 rings (SSSR count). The number of anilines is 1. The van der Waals surface area contributed by atoms with E-state index in [0.29, 0.717) is 21.3 Å². The molecule has 0 saturated carbocycles. The molecule has 0 aliphatic carbocycles. The first-order valence-electron chi connectivity index (χ1n) is 6.14. The zero-order valence-corrected chi connectivity index (χ0v) is 12.6. The van der Waals surface area contributed by atoms with Crippen LogP contribution in [0.3, 0.4) is 0 Å². The number of thiazole rings is 1. The number of nitrogens with zero attached hydrogens (tertiary/aromatic N) is 2. The first-order chi connectivity index (χ1) is 9.88. The Kier molecular flexibility index (Phi) is 4.32. The summed E-state index contributed by atoms with van der Waals surface area (Å²) in [6.45, 7) is 1.71. The Hall–Kier alpha value is -2.28. The normalized spacial score (nSPS) is 10.3. The summed E-state index contributed by atoms with van der Waals surface area (Å²) < 4.78 is 12.8. The fourth-order valence-electron chi connectivity index (χ4n) is 1.62. The van der Waals surface area contributed by atoms with Gasteiger partial charge in [0, 0.05) is 19.7 Å². The quantitative estimate of drug-likeness (QED) is 0.948. The van der Waals surface area contributed by atoms with Gasteiger partial charge in [0.1, 0.15) is 10.7 Å². The molecule has 0 atom stereocenters. The van der Waals surface area contributed by atoms with Crippen LogP contribution in [0.5, 0.6) is 0 Å². The van der Waals surface area contributed by atoms with Crippen molar-refractivity contribution < 1.29 is 14.0 Å². The highest BCUT2D eigenvalue weighted by Crippen LogP contribution is 2.24. The number of nitrogens with one attached hydrogen (secondary N) is 1. The lowest BCUT2D eigenvalue weighted by Gasteiger charge is -2.07. The summed E-state index contributed by atoms with van der Waals surface area (Å²) in [4.78, 5) is 30.0. The fraction of sp³-hybridized carbons (Fsp3) is 0.214. The van der Waals surface area contributed by atoms with E-state index in [1.165, 1.54) is 29.2 Å². The zero-order valence-electron chi connectivity index (χ0n) is 11.8. The van der Waals surface area contributed by atoms with Crippen molar-refractivity contribution >= 4 is 28.3 Å². The van der Waals surface area contributed by atoms with Crippen LogP contribution in [0.2, 0.25) is 0 Å². The Morgan fingerprint density at radius 2 is 1.86 bits per heavy atom. The number of aromatic nitrogens is 1. The highest BCUT2D eigenvalue weighted by molar-refractivity contribution is 7.17. The second kappa shape index (κ2) is 6.01. The second-order valence-corrected chi connectivity index (χ2v) is 5.59. The van der Waals surface area contributed by atoms with Crippen LogP contribution < -0.4 is 5.32 Å². The van der Waals surface area contributed by atoms with Crippen molar-refractivity contribution in [2.75, 3.05) is 19.4 Å². The number of carbonyl (C=O) groups is 2. The molecule has 110 valence electrons. The van der Waals surface area contributed by atoms with E-state index in [1.54, 1.807) is 21.0 Å². The van der Waals surface area contributed by atoms with Crippen molar-refractivity contribution in [3.63, 3.8) is 0 Å². The molecule has 1 N–H and O–H groups in total. The SMILES string of the molecule is Cc1nc(NC(=O)c2ccc(F)cc2)sc1C(=O)N(C)C. The molecule has 2 amide bonds. The molecule has 21 heavy (non-hydrogen) atoms. The third-order valence-corrected chi connectivity index (χ3v) is 3.78.